The third-order valence-corrected chi connectivity index (χ3v) is 3.54. The number of amides is 1. The SMILES string of the molecule is CCCCN(CC)C(=O)c1cc(NN)nc2ccccc12. The molecule has 1 heterocycles. The van der Waals surface area contributed by atoms with Gasteiger partial charge < -0.3 is 10.3 Å². The van der Waals surface area contributed by atoms with Gasteiger partial charge in [-0.2, -0.15) is 0 Å². The number of hydrazine groups is 1. The number of para-hydroxylation sites is 1. The fraction of sp³-hybridized carbons (Fsp3) is 0.375. The first-order chi connectivity index (χ1) is 10.2. The van der Waals surface area contributed by atoms with Crippen LogP contribution in [-0.2, 0) is 0 Å². The van der Waals surface area contributed by atoms with E-state index in [4.69, 9.17) is 5.84 Å². The van der Waals surface area contributed by atoms with Crippen LogP contribution in [0.5, 0.6) is 0 Å². The number of unbranched alkanes of at least 4 members (excludes halogenated alkanes) is 1. The van der Waals surface area contributed by atoms with Gasteiger partial charge in [-0.15, -0.1) is 0 Å². The van der Waals surface area contributed by atoms with Crippen LogP contribution in [0.15, 0.2) is 30.3 Å². The maximum atomic E-state index is 12.8. The van der Waals surface area contributed by atoms with E-state index in [0.29, 0.717) is 17.9 Å². The molecule has 1 aromatic heterocycles. The minimum atomic E-state index is 0.0288. The van der Waals surface area contributed by atoms with Crippen LogP contribution < -0.4 is 11.3 Å². The number of aromatic nitrogens is 1. The molecule has 0 saturated heterocycles. The van der Waals surface area contributed by atoms with Crippen LogP contribution in [0.4, 0.5) is 5.82 Å². The Balaban J connectivity index is 2.45. The number of nitrogen functional groups attached to an aromatic ring is 1. The highest BCUT2D eigenvalue weighted by atomic mass is 16.2. The summed E-state index contributed by atoms with van der Waals surface area (Å²) < 4.78 is 0. The topological polar surface area (TPSA) is 71.2 Å². The molecule has 2 rings (SSSR count). The summed E-state index contributed by atoms with van der Waals surface area (Å²) in [6.45, 7) is 5.59. The fourth-order valence-electron chi connectivity index (χ4n) is 2.35. The summed E-state index contributed by atoms with van der Waals surface area (Å²) in [6, 6.07) is 9.34. The Hall–Kier alpha value is -2.14. The molecule has 0 spiro atoms. The second-order valence-electron chi connectivity index (χ2n) is 4.95. The molecule has 0 aliphatic rings. The van der Waals surface area contributed by atoms with Gasteiger partial charge in [-0.25, -0.2) is 10.8 Å². The average Bonchev–Trinajstić information content (AvgIpc) is 2.54. The molecule has 1 aromatic carbocycles. The lowest BCUT2D eigenvalue weighted by atomic mass is 10.1. The van der Waals surface area contributed by atoms with Crippen LogP contribution in [0.3, 0.4) is 0 Å². The number of carbonyl (C=O) groups is 1. The summed E-state index contributed by atoms with van der Waals surface area (Å²) in [5, 5.41) is 0.858. The van der Waals surface area contributed by atoms with Gasteiger partial charge in [0.25, 0.3) is 5.91 Å². The molecular weight excluding hydrogens is 264 g/mol. The van der Waals surface area contributed by atoms with Gasteiger partial charge in [0.15, 0.2) is 0 Å². The summed E-state index contributed by atoms with van der Waals surface area (Å²) in [4.78, 5) is 19.0. The number of nitrogens with two attached hydrogens (primary N) is 1. The maximum absolute atomic E-state index is 12.8. The molecule has 0 aliphatic heterocycles. The van der Waals surface area contributed by atoms with Gasteiger partial charge in [-0.05, 0) is 25.5 Å². The van der Waals surface area contributed by atoms with Crippen molar-refractivity contribution in [3.8, 4) is 0 Å². The zero-order valence-electron chi connectivity index (χ0n) is 12.6. The zero-order chi connectivity index (χ0) is 15.2. The second-order valence-corrected chi connectivity index (χ2v) is 4.95. The summed E-state index contributed by atoms with van der Waals surface area (Å²) in [7, 11) is 0. The predicted octanol–water partition coefficient (Wildman–Crippen LogP) is 2.78. The van der Waals surface area contributed by atoms with E-state index in [2.05, 4.69) is 17.3 Å². The van der Waals surface area contributed by atoms with Crippen LogP contribution in [-0.4, -0.2) is 28.9 Å². The fourth-order valence-corrected chi connectivity index (χ4v) is 2.35. The van der Waals surface area contributed by atoms with Gasteiger partial charge in [0.05, 0.1) is 11.1 Å². The van der Waals surface area contributed by atoms with Gasteiger partial charge in [-0.1, -0.05) is 31.5 Å². The zero-order valence-corrected chi connectivity index (χ0v) is 12.6. The first-order valence-electron chi connectivity index (χ1n) is 7.36. The Morgan fingerprint density at radius 3 is 2.76 bits per heavy atom. The lowest BCUT2D eigenvalue weighted by Gasteiger charge is -2.21. The maximum Gasteiger partial charge on any atom is 0.254 e. The number of nitrogens with one attached hydrogen (secondary N) is 1. The smallest absolute Gasteiger partial charge is 0.254 e. The van der Waals surface area contributed by atoms with Crippen molar-refractivity contribution >= 4 is 22.6 Å². The molecule has 2 aromatic rings. The Morgan fingerprint density at radius 1 is 1.33 bits per heavy atom. The van der Waals surface area contributed by atoms with Crippen molar-refractivity contribution < 1.29 is 4.79 Å². The van der Waals surface area contributed by atoms with E-state index in [-0.39, 0.29) is 5.91 Å². The van der Waals surface area contributed by atoms with Crippen molar-refractivity contribution in [1.82, 2.24) is 9.88 Å². The van der Waals surface area contributed by atoms with Gasteiger partial charge in [0.2, 0.25) is 0 Å². The molecule has 0 radical (unpaired) electrons. The molecule has 0 fully saturated rings. The van der Waals surface area contributed by atoms with Crippen LogP contribution in [0.25, 0.3) is 10.9 Å². The molecule has 0 unspecified atom stereocenters. The molecule has 1 amide bonds. The molecule has 0 aliphatic carbocycles. The molecule has 0 atom stereocenters. The van der Waals surface area contributed by atoms with Crippen molar-refractivity contribution in [1.29, 1.82) is 0 Å². The number of hydrogen-bond donors (Lipinski definition) is 2. The summed E-state index contributed by atoms with van der Waals surface area (Å²) in [5.41, 5.74) is 3.94. The van der Waals surface area contributed by atoms with Gasteiger partial charge in [0, 0.05) is 18.5 Å². The minimum Gasteiger partial charge on any atom is -0.339 e. The molecule has 5 nitrogen and oxygen atoms in total. The van der Waals surface area contributed by atoms with Crippen LogP contribution in [0.1, 0.15) is 37.0 Å². The molecule has 5 heteroatoms. The molecule has 0 bridgehead atoms. The number of nitrogens with zero attached hydrogens (tertiary/aromatic N) is 2. The number of pyridine rings is 1. The largest absolute Gasteiger partial charge is 0.339 e. The third kappa shape index (κ3) is 3.31. The lowest BCUT2D eigenvalue weighted by Crippen LogP contribution is -2.32. The Bertz CT molecular complexity index is 627. The van der Waals surface area contributed by atoms with E-state index >= 15 is 0 Å². The molecular formula is C16H22N4O. The van der Waals surface area contributed by atoms with Crippen molar-refractivity contribution in [2.24, 2.45) is 5.84 Å². The molecule has 3 N–H and O–H groups in total. The van der Waals surface area contributed by atoms with E-state index in [1.165, 1.54) is 0 Å². The monoisotopic (exact) mass is 286 g/mol. The van der Waals surface area contributed by atoms with Crippen molar-refractivity contribution in [3.63, 3.8) is 0 Å². The van der Waals surface area contributed by atoms with Gasteiger partial charge in [-0.3, -0.25) is 4.79 Å². The first-order valence-corrected chi connectivity index (χ1v) is 7.36. The number of anilines is 1. The lowest BCUT2D eigenvalue weighted by molar-refractivity contribution is 0.0764. The minimum absolute atomic E-state index is 0.0288. The van der Waals surface area contributed by atoms with Crippen LogP contribution in [0.2, 0.25) is 0 Å². The molecule has 0 saturated carbocycles. The highest BCUT2D eigenvalue weighted by Gasteiger charge is 2.17. The van der Waals surface area contributed by atoms with E-state index in [0.717, 1.165) is 30.3 Å². The second kappa shape index (κ2) is 7.04. The van der Waals surface area contributed by atoms with Crippen molar-refractivity contribution in [2.75, 3.05) is 18.5 Å². The summed E-state index contributed by atoms with van der Waals surface area (Å²) in [5.74, 6) is 5.99. The molecule has 112 valence electrons. The quantitative estimate of drug-likeness (QED) is 0.632. The summed E-state index contributed by atoms with van der Waals surface area (Å²) >= 11 is 0. The highest BCUT2D eigenvalue weighted by Crippen LogP contribution is 2.22. The number of hydrogen-bond acceptors (Lipinski definition) is 4. The summed E-state index contributed by atoms with van der Waals surface area (Å²) in [6.07, 6.45) is 2.07. The van der Waals surface area contributed by atoms with Crippen molar-refractivity contribution in [2.45, 2.75) is 26.7 Å². The van der Waals surface area contributed by atoms with Crippen molar-refractivity contribution in [3.05, 3.63) is 35.9 Å². The number of rotatable bonds is 6. The van der Waals surface area contributed by atoms with E-state index in [1.807, 2.05) is 36.1 Å². The Kier molecular flexibility index (Phi) is 5.11. The molecule has 21 heavy (non-hydrogen) atoms. The third-order valence-electron chi connectivity index (χ3n) is 3.54. The number of fused-ring (bicyclic) bond motifs is 1. The van der Waals surface area contributed by atoms with Gasteiger partial charge in [0.1, 0.15) is 5.82 Å². The Labute approximate surface area is 125 Å². The normalized spacial score (nSPS) is 10.6. The number of benzene rings is 1. The predicted molar refractivity (Wildman–Crippen MR) is 86.0 cm³/mol. The van der Waals surface area contributed by atoms with Gasteiger partial charge >= 0.3 is 0 Å². The Morgan fingerprint density at radius 2 is 2.10 bits per heavy atom. The van der Waals surface area contributed by atoms with E-state index < -0.39 is 0 Å². The highest BCUT2D eigenvalue weighted by molar-refractivity contribution is 6.06. The number of carbonyl (C=O) groups excluding carboxylic acids is 1. The standard InChI is InChI=1S/C16H22N4O/c1-3-5-10-20(4-2)16(21)13-11-15(19-17)18-14-9-7-6-8-12(13)14/h6-9,11H,3-5,10,17H2,1-2H3,(H,18,19). The van der Waals surface area contributed by atoms with E-state index in [9.17, 15) is 4.79 Å². The van der Waals surface area contributed by atoms with Crippen LogP contribution in [0, 0.1) is 0 Å². The van der Waals surface area contributed by atoms with Crippen LogP contribution >= 0.6 is 0 Å². The first kappa shape index (κ1) is 15.3. The van der Waals surface area contributed by atoms with E-state index in [1.54, 1.807) is 6.07 Å². The average molecular weight is 286 g/mol.